The molecular formula is C19H28ClN3O3. The van der Waals surface area contributed by atoms with E-state index in [9.17, 15) is 9.59 Å². The first-order valence-corrected chi connectivity index (χ1v) is 9.36. The molecule has 0 spiro atoms. The summed E-state index contributed by atoms with van der Waals surface area (Å²) < 4.78 is 0. The molecule has 7 heteroatoms. The van der Waals surface area contributed by atoms with Crippen molar-refractivity contribution < 1.29 is 14.7 Å². The van der Waals surface area contributed by atoms with E-state index in [1.807, 2.05) is 49.9 Å². The Morgan fingerprint density at radius 3 is 2.54 bits per heavy atom. The van der Waals surface area contributed by atoms with Crippen LogP contribution in [0.25, 0.3) is 0 Å². The molecular weight excluding hydrogens is 354 g/mol. The fraction of sp³-hybridized carbons (Fsp3) is 0.579. The molecule has 3 N–H and O–H groups in total. The van der Waals surface area contributed by atoms with Crippen LogP contribution in [0.15, 0.2) is 24.3 Å². The Morgan fingerprint density at radius 2 is 1.96 bits per heavy atom. The summed E-state index contributed by atoms with van der Waals surface area (Å²) in [5.74, 6) is -0.817. The first-order chi connectivity index (χ1) is 12.2. The van der Waals surface area contributed by atoms with Crippen molar-refractivity contribution in [3.8, 4) is 0 Å². The summed E-state index contributed by atoms with van der Waals surface area (Å²) in [6, 6.07) is 7.76. The largest absolute Gasteiger partial charge is 0.480 e. The van der Waals surface area contributed by atoms with Crippen LogP contribution in [0.1, 0.15) is 39.2 Å². The lowest BCUT2D eigenvalue weighted by Crippen LogP contribution is -2.56. The second-order valence-corrected chi connectivity index (χ2v) is 7.88. The van der Waals surface area contributed by atoms with Crippen molar-refractivity contribution in [2.45, 2.75) is 51.1 Å². The van der Waals surface area contributed by atoms with Gasteiger partial charge in [0.15, 0.2) is 0 Å². The van der Waals surface area contributed by atoms with E-state index in [1.165, 1.54) is 0 Å². The number of hydrogen-bond donors (Lipinski definition) is 3. The van der Waals surface area contributed by atoms with E-state index in [1.54, 1.807) is 0 Å². The van der Waals surface area contributed by atoms with E-state index < -0.39 is 5.97 Å². The molecule has 1 fully saturated rings. The van der Waals surface area contributed by atoms with E-state index >= 15 is 0 Å². The minimum atomic E-state index is -0.817. The minimum absolute atomic E-state index is 0.0477. The Kier molecular flexibility index (Phi) is 6.89. The van der Waals surface area contributed by atoms with Gasteiger partial charge in [-0.3, -0.25) is 9.69 Å². The van der Waals surface area contributed by atoms with Gasteiger partial charge in [0.2, 0.25) is 0 Å². The molecule has 0 unspecified atom stereocenters. The number of nitrogens with zero attached hydrogens (tertiary/aromatic N) is 1. The Morgan fingerprint density at radius 1 is 1.31 bits per heavy atom. The molecule has 0 heterocycles. The van der Waals surface area contributed by atoms with Crippen LogP contribution in [-0.4, -0.2) is 53.7 Å². The van der Waals surface area contributed by atoms with Gasteiger partial charge in [0, 0.05) is 29.1 Å². The predicted octanol–water partition coefficient (Wildman–Crippen LogP) is 2.85. The van der Waals surface area contributed by atoms with Gasteiger partial charge >= 0.3 is 12.0 Å². The third kappa shape index (κ3) is 5.35. The van der Waals surface area contributed by atoms with Crippen LogP contribution in [0.5, 0.6) is 0 Å². The number of urea groups is 1. The smallest absolute Gasteiger partial charge is 0.317 e. The average Bonchev–Trinajstić information content (AvgIpc) is 2.54. The zero-order valence-corrected chi connectivity index (χ0v) is 16.3. The number of carboxylic acids is 1. The van der Waals surface area contributed by atoms with Crippen molar-refractivity contribution in [2.75, 3.05) is 19.6 Å². The number of aliphatic carboxylic acids is 1. The fourth-order valence-electron chi connectivity index (χ4n) is 3.32. The van der Waals surface area contributed by atoms with Crippen LogP contribution in [0.3, 0.4) is 0 Å². The first-order valence-electron chi connectivity index (χ1n) is 8.98. The lowest BCUT2D eigenvalue weighted by molar-refractivity contribution is -0.139. The molecule has 0 aliphatic heterocycles. The van der Waals surface area contributed by atoms with Gasteiger partial charge in [0.1, 0.15) is 0 Å². The van der Waals surface area contributed by atoms with E-state index in [-0.39, 0.29) is 30.1 Å². The minimum Gasteiger partial charge on any atom is -0.480 e. The highest BCUT2D eigenvalue weighted by atomic mass is 35.5. The van der Waals surface area contributed by atoms with Crippen LogP contribution >= 0.6 is 11.6 Å². The molecule has 2 rings (SSSR count). The van der Waals surface area contributed by atoms with E-state index in [2.05, 4.69) is 10.6 Å². The molecule has 1 aromatic rings. The quantitative estimate of drug-likeness (QED) is 0.646. The Balaban J connectivity index is 1.77. The lowest BCUT2D eigenvalue weighted by Gasteiger charge is -2.42. The standard InChI is InChI=1S/C19H28ClN3O3/c1-4-23(11-17(24)25)14-9-13(10-14)22-18(26)21-12-19(2,3)15-7-5-6-8-16(15)20/h5-8,13-14H,4,9-12H2,1-3H3,(H,24,25)(H2,21,22,26). The average molecular weight is 382 g/mol. The zero-order chi connectivity index (χ0) is 19.3. The zero-order valence-electron chi connectivity index (χ0n) is 15.6. The molecule has 0 aromatic heterocycles. The summed E-state index contributed by atoms with van der Waals surface area (Å²) >= 11 is 6.26. The van der Waals surface area contributed by atoms with Gasteiger partial charge in [0.05, 0.1) is 6.54 Å². The van der Waals surface area contributed by atoms with Crippen LogP contribution in [0.2, 0.25) is 5.02 Å². The molecule has 0 bridgehead atoms. The number of hydrogen-bond acceptors (Lipinski definition) is 3. The lowest BCUT2D eigenvalue weighted by atomic mass is 9.84. The van der Waals surface area contributed by atoms with Crippen LogP contribution in [0.4, 0.5) is 4.79 Å². The summed E-state index contributed by atoms with van der Waals surface area (Å²) in [5, 5.41) is 15.5. The number of carbonyl (C=O) groups excluding carboxylic acids is 1. The van der Waals surface area contributed by atoms with E-state index in [0.29, 0.717) is 18.1 Å². The highest BCUT2D eigenvalue weighted by molar-refractivity contribution is 6.31. The van der Waals surface area contributed by atoms with Crippen molar-refractivity contribution in [3.63, 3.8) is 0 Å². The number of nitrogens with one attached hydrogen (secondary N) is 2. The fourth-order valence-corrected chi connectivity index (χ4v) is 3.71. The van der Waals surface area contributed by atoms with Crippen molar-refractivity contribution >= 4 is 23.6 Å². The monoisotopic (exact) mass is 381 g/mol. The van der Waals surface area contributed by atoms with Crippen LogP contribution in [-0.2, 0) is 10.2 Å². The van der Waals surface area contributed by atoms with Crippen molar-refractivity contribution in [1.82, 2.24) is 15.5 Å². The van der Waals surface area contributed by atoms with Gasteiger partial charge in [-0.15, -0.1) is 0 Å². The molecule has 2 amide bonds. The van der Waals surface area contributed by atoms with Crippen LogP contribution < -0.4 is 10.6 Å². The summed E-state index contributed by atoms with van der Waals surface area (Å²) in [6.45, 7) is 7.25. The third-order valence-electron chi connectivity index (χ3n) is 5.00. The Hall–Kier alpha value is -1.79. The number of likely N-dealkylation sites (N-methyl/N-ethyl adjacent to an activating group) is 1. The van der Waals surface area contributed by atoms with E-state index in [4.69, 9.17) is 16.7 Å². The summed E-state index contributed by atoms with van der Waals surface area (Å²) in [6.07, 6.45) is 1.56. The number of halogens is 1. The topological polar surface area (TPSA) is 81.7 Å². The maximum atomic E-state index is 12.2. The van der Waals surface area contributed by atoms with Gasteiger partial charge in [-0.2, -0.15) is 0 Å². The molecule has 26 heavy (non-hydrogen) atoms. The molecule has 6 nitrogen and oxygen atoms in total. The molecule has 0 saturated heterocycles. The van der Waals surface area contributed by atoms with Crippen molar-refractivity contribution in [1.29, 1.82) is 0 Å². The van der Waals surface area contributed by atoms with Gasteiger partial charge in [0.25, 0.3) is 0 Å². The molecule has 0 radical (unpaired) electrons. The predicted molar refractivity (Wildman–Crippen MR) is 103 cm³/mol. The number of amides is 2. The first kappa shape index (κ1) is 20.5. The number of rotatable bonds is 8. The summed E-state index contributed by atoms with van der Waals surface area (Å²) in [4.78, 5) is 25.0. The van der Waals surface area contributed by atoms with Crippen molar-refractivity contribution in [2.24, 2.45) is 0 Å². The van der Waals surface area contributed by atoms with E-state index in [0.717, 1.165) is 18.4 Å². The second kappa shape index (κ2) is 8.73. The highest BCUT2D eigenvalue weighted by Gasteiger charge is 2.35. The number of carboxylic acid groups (broad SMARTS) is 1. The van der Waals surface area contributed by atoms with Crippen LogP contribution in [0, 0.1) is 0 Å². The normalized spacial score (nSPS) is 19.7. The SMILES string of the molecule is CCN(CC(=O)O)C1CC(NC(=O)NCC(C)(C)c2ccccc2Cl)C1. The summed E-state index contributed by atoms with van der Waals surface area (Å²) in [5.41, 5.74) is 0.719. The van der Waals surface area contributed by atoms with Gasteiger partial charge < -0.3 is 15.7 Å². The number of carbonyl (C=O) groups is 2. The Bertz CT molecular complexity index is 645. The maximum Gasteiger partial charge on any atom is 0.317 e. The van der Waals surface area contributed by atoms with Crippen molar-refractivity contribution in [3.05, 3.63) is 34.9 Å². The number of benzene rings is 1. The molecule has 0 atom stereocenters. The second-order valence-electron chi connectivity index (χ2n) is 7.47. The highest BCUT2D eigenvalue weighted by Crippen LogP contribution is 2.29. The summed E-state index contributed by atoms with van der Waals surface area (Å²) in [7, 11) is 0. The molecule has 1 saturated carbocycles. The Labute approximate surface area is 159 Å². The molecule has 144 valence electrons. The molecule has 1 aliphatic carbocycles. The maximum absolute atomic E-state index is 12.2. The third-order valence-corrected chi connectivity index (χ3v) is 5.33. The van der Waals surface area contributed by atoms with Gasteiger partial charge in [-0.25, -0.2) is 4.79 Å². The molecule has 1 aliphatic rings. The van der Waals surface area contributed by atoms with Gasteiger partial charge in [-0.05, 0) is 31.0 Å². The molecule has 1 aromatic carbocycles. The van der Waals surface area contributed by atoms with Gasteiger partial charge in [-0.1, -0.05) is 50.6 Å².